The summed E-state index contributed by atoms with van der Waals surface area (Å²) in [5.74, 6) is -0.765. The molecule has 0 bridgehead atoms. The Bertz CT molecular complexity index is 786. The molecular weight excluding hydrogens is 387 g/mol. The molecule has 2 aromatic carbocycles. The van der Waals surface area contributed by atoms with Crippen LogP contribution in [0, 0.1) is 5.82 Å². The Balaban J connectivity index is 2.14. The third-order valence-electron chi connectivity index (χ3n) is 3.99. The molecule has 2 amide bonds. The molecule has 144 valence electrons. The number of benzene rings is 2. The van der Waals surface area contributed by atoms with Gasteiger partial charge in [-0.1, -0.05) is 29.8 Å². The van der Waals surface area contributed by atoms with Crippen molar-refractivity contribution < 1.29 is 14.0 Å². The minimum Gasteiger partial charge on any atom is -0.355 e. The van der Waals surface area contributed by atoms with Gasteiger partial charge in [-0.05, 0) is 44.2 Å². The monoisotopic (exact) mass is 408 g/mol. The zero-order valence-electron chi connectivity index (χ0n) is 15.2. The van der Waals surface area contributed by atoms with Crippen LogP contribution in [0.2, 0.25) is 5.02 Å². The second kappa shape index (κ2) is 10.3. The highest BCUT2D eigenvalue weighted by molar-refractivity contribution is 8.00. The fraction of sp³-hybridized carbons (Fsp3) is 0.300. The summed E-state index contributed by atoms with van der Waals surface area (Å²) in [7, 11) is 0. The van der Waals surface area contributed by atoms with Crippen LogP contribution in [0.5, 0.6) is 0 Å². The van der Waals surface area contributed by atoms with Crippen LogP contribution >= 0.6 is 23.4 Å². The Morgan fingerprint density at radius 3 is 2.48 bits per heavy atom. The van der Waals surface area contributed by atoms with Gasteiger partial charge < -0.3 is 10.2 Å². The average molecular weight is 409 g/mol. The van der Waals surface area contributed by atoms with Crippen molar-refractivity contribution in [1.29, 1.82) is 0 Å². The molecule has 0 aliphatic heterocycles. The molecular formula is C20H22ClFN2O2S. The predicted octanol–water partition coefficient (Wildman–Crippen LogP) is 4.12. The zero-order valence-corrected chi connectivity index (χ0v) is 16.8. The second-order valence-corrected chi connectivity index (χ2v) is 7.41. The van der Waals surface area contributed by atoms with Crippen LogP contribution in [0.3, 0.4) is 0 Å². The van der Waals surface area contributed by atoms with Gasteiger partial charge in [0.05, 0.1) is 5.75 Å². The Morgan fingerprint density at radius 1 is 1.19 bits per heavy atom. The van der Waals surface area contributed by atoms with E-state index >= 15 is 0 Å². The van der Waals surface area contributed by atoms with Gasteiger partial charge in [-0.3, -0.25) is 9.59 Å². The number of thioether (sulfide) groups is 1. The maximum atomic E-state index is 14.1. The van der Waals surface area contributed by atoms with Crippen molar-refractivity contribution in [3.63, 3.8) is 0 Å². The van der Waals surface area contributed by atoms with Gasteiger partial charge in [-0.25, -0.2) is 4.39 Å². The summed E-state index contributed by atoms with van der Waals surface area (Å²) in [5, 5.41) is 3.33. The van der Waals surface area contributed by atoms with Gasteiger partial charge in [0.25, 0.3) is 0 Å². The molecule has 2 rings (SSSR count). The molecule has 0 saturated heterocycles. The highest BCUT2D eigenvalue weighted by atomic mass is 35.5. The van der Waals surface area contributed by atoms with E-state index in [1.165, 1.54) is 22.7 Å². The van der Waals surface area contributed by atoms with E-state index in [0.29, 0.717) is 17.1 Å². The number of hydrogen-bond acceptors (Lipinski definition) is 3. The molecule has 2 aromatic rings. The first kappa shape index (κ1) is 21.3. The van der Waals surface area contributed by atoms with Crippen LogP contribution < -0.4 is 5.32 Å². The van der Waals surface area contributed by atoms with Crippen molar-refractivity contribution in [1.82, 2.24) is 10.2 Å². The van der Waals surface area contributed by atoms with Gasteiger partial charge in [0.1, 0.15) is 11.9 Å². The summed E-state index contributed by atoms with van der Waals surface area (Å²) in [6.07, 6.45) is 0. The van der Waals surface area contributed by atoms with Gasteiger partial charge in [-0.2, -0.15) is 0 Å². The second-order valence-electron chi connectivity index (χ2n) is 5.93. The standard InChI is InChI=1S/C20H22ClFN2O2S/c1-3-23-20(26)14(2)24(12-15-6-4-5-7-18(15)22)19(25)13-27-17-10-8-16(21)9-11-17/h4-11,14H,3,12-13H2,1-2H3,(H,23,26). The van der Waals surface area contributed by atoms with E-state index in [-0.39, 0.29) is 24.1 Å². The number of likely N-dealkylation sites (N-methyl/N-ethyl adjacent to an activating group) is 1. The van der Waals surface area contributed by atoms with E-state index < -0.39 is 11.9 Å². The SMILES string of the molecule is CCNC(=O)C(C)N(Cc1ccccc1F)C(=O)CSc1ccc(Cl)cc1. The number of carbonyl (C=O) groups excluding carboxylic acids is 2. The first-order chi connectivity index (χ1) is 12.9. The molecule has 0 aliphatic rings. The fourth-order valence-electron chi connectivity index (χ4n) is 2.47. The van der Waals surface area contributed by atoms with E-state index in [4.69, 9.17) is 11.6 Å². The molecule has 7 heteroatoms. The molecule has 0 spiro atoms. The summed E-state index contributed by atoms with van der Waals surface area (Å²) in [6.45, 7) is 3.95. The lowest BCUT2D eigenvalue weighted by Gasteiger charge is -2.28. The van der Waals surface area contributed by atoms with Crippen molar-refractivity contribution in [2.24, 2.45) is 0 Å². The summed E-state index contributed by atoms with van der Waals surface area (Å²) in [6, 6.07) is 12.7. The molecule has 1 unspecified atom stereocenters. The normalized spacial score (nSPS) is 11.7. The molecule has 0 aromatic heterocycles. The lowest BCUT2D eigenvalue weighted by Crippen LogP contribution is -2.48. The Hall–Kier alpha value is -2.05. The summed E-state index contributed by atoms with van der Waals surface area (Å²) in [5.41, 5.74) is 0.374. The maximum absolute atomic E-state index is 14.1. The number of nitrogens with zero attached hydrogens (tertiary/aromatic N) is 1. The third-order valence-corrected chi connectivity index (χ3v) is 5.24. The summed E-state index contributed by atoms with van der Waals surface area (Å²) < 4.78 is 14.1. The van der Waals surface area contributed by atoms with E-state index in [0.717, 1.165) is 4.90 Å². The van der Waals surface area contributed by atoms with Gasteiger partial charge in [0, 0.05) is 28.6 Å². The van der Waals surface area contributed by atoms with Crippen LogP contribution in [0.4, 0.5) is 4.39 Å². The first-order valence-corrected chi connectivity index (χ1v) is 9.97. The smallest absolute Gasteiger partial charge is 0.242 e. The molecule has 1 atom stereocenters. The summed E-state index contributed by atoms with van der Waals surface area (Å²) >= 11 is 7.22. The predicted molar refractivity (Wildman–Crippen MR) is 107 cm³/mol. The summed E-state index contributed by atoms with van der Waals surface area (Å²) in [4.78, 5) is 27.4. The largest absolute Gasteiger partial charge is 0.355 e. The number of hydrogen-bond donors (Lipinski definition) is 1. The number of rotatable bonds is 8. The minimum absolute atomic E-state index is 0.0327. The average Bonchev–Trinajstić information content (AvgIpc) is 2.66. The zero-order chi connectivity index (χ0) is 19.8. The van der Waals surface area contributed by atoms with Gasteiger partial charge >= 0.3 is 0 Å². The van der Waals surface area contributed by atoms with Crippen LogP contribution in [0.25, 0.3) is 0 Å². The molecule has 4 nitrogen and oxygen atoms in total. The van der Waals surface area contributed by atoms with Crippen LogP contribution in [-0.4, -0.2) is 35.1 Å². The Kier molecular flexibility index (Phi) is 8.13. The lowest BCUT2D eigenvalue weighted by molar-refractivity contribution is -0.138. The molecule has 0 heterocycles. The van der Waals surface area contributed by atoms with E-state index in [9.17, 15) is 14.0 Å². The van der Waals surface area contributed by atoms with Crippen molar-refractivity contribution in [2.75, 3.05) is 12.3 Å². The molecule has 0 fully saturated rings. The number of carbonyl (C=O) groups is 2. The number of amides is 2. The van der Waals surface area contributed by atoms with Crippen molar-refractivity contribution in [3.05, 3.63) is 64.9 Å². The Morgan fingerprint density at radius 2 is 1.85 bits per heavy atom. The van der Waals surface area contributed by atoms with E-state index in [1.807, 2.05) is 19.1 Å². The molecule has 0 aliphatic carbocycles. The van der Waals surface area contributed by atoms with Crippen LogP contribution in [-0.2, 0) is 16.1 Å². The topological polar surface area (TPSA) is 49.4 Å². The number of nitrogens with one attached hydrogen (secondary N) is 1. The fourth-order valence-corrected chi connectivity index (χ4v) is 3.38. The highest BCUT2D eigenvalue weighted by Crippen LogP contribution is 2.22. The van der Waals surface area contributed by atoms with Crippen molar-refractivity contribution >= 4 is 35.2 Å². The Labute approximate surface area is 168 Å². The van der Waals surface area contributed by atoms with Crippen LogP contribution in [0.15, 0.2) is 53.4 Å². The van der Waals surface area contributed by atoms with Crippen LogP contribution in [0.1, 0.15) is 19.4 Å². The van der Waals surface area contributed by atoms with Gasteiger partial charge in [0.2, 0.25) is 11.8 Å². The van der Waals surface area contributed by atoms with Gasteiger partial charge in [-0.15, -0.1) is 11.8 Å². The number of halogens is 2. The first-order valence-electron chi connectivity index (χ1n) is 8.61. The molecule has 1 N–H and O–H groups in total. The van der Waals surface area contributed by atoms with Gasteiger partial charge in [0.15, 0.2) is 0 Å². The highest BCUT2D eigenvalue weighted by Gasteiger charge is 2.26. The van der Waals surface area contributed by atoms with Crippen molar-refractivity contribution in [2.45, 2.75) is 31.3 Å². The molecule has 0 saturated carbocycles. The lowest BCUT2D eigenvalue weighted by atomic mass is 10.1. The molecule has 0 radical (unpaired) electrons. The quantitative estimate of drug-likeness (QED) is 0.668. The minimum atomic E-state index is -0.706. The van der Waals surface area contributed by atoms with Crippen molar-refractivity contribution in [3.8, 4) is 0 Å². The molecule has 27 heavy (non-hydrogen) atoms. The maximum Gasteiger partial charge on any atom is 0.242 e. The van der Waals surface area contributed by atoms with E-state index in [1.54, 1.807) is 37.3 Å². The van der Waals surface area contributed by atoms with E-state index in [2.05, 4.69) is 5.32 Å². The third kappa shape index (κ3) is 6.26.